The number of likely N-dealkylation sites (N-methyl/N-ethyl adjacent to an activating group) is 1. The summed E-state index contributed by atoms with van der Waals surface area (Å²) in [6.45, 7) is 3.81. The average Bonchev–Trinajstić information content (AvgIpc) is 2.96. The Morgan fingerprint density at radius 2 is 2.45 bits per heavy atom. The van der Waals surface area contributed by atoms with Crippen molar-refractivity contribution < 1.29 is 9.66 Å². The Hall–Kier alpha value is -2.00. The first-order chi connectivity index (χ1) is 9.67. The van der Waals surface area contributed by atoms with Gasteiger partial charge in [-0.15, -0.1) is 0 Å². The molecule has 1 unspecified atom stereocenters. The molecule has 9 heteroatoms. The summed E-state index contributed by atoms with van der Waals surface area (Å²) >= 11 is 0. The van der Waals surface area contributed by atoms with Gasteiger partial charge in [-0.3, -0.25) is 10.1 Å². The van der Waals surface area contributed by atoms with Gasteiger partial charge in [0, 0.05) is 19.7 Å². The maximum Gasteiger partial charge on any atom is 0.354 e. The lowest BCUT2D eigenvalue weighted by Crippen LogP contribution is -2.33. The molecule has 0 radical (unpaired) electrons. The van der Waals surface area contributed by atoms with Crippen molar-refractivity contribution in [2.24, 2.45) is 5.84 Å². The third-order valence-corrected chi connectivity index (χ3v) is 3.25. The topological polar surface area (TPSA) is 119 Å². The summed E-state index contributed by atoms with van der Waals surface area (Å²) in [5, 5.41) is 11.2. The SMILES string of the molecule is CCN(CC1CCCO1)c1ncnc(NN)c1[N+](=O)[O-]. The molecule has 2 rings (SSSR count). The molecule has 1 atom stereocenters. The zero-order valence-electron chi connectivity index (χ0n) is 11.3. The van der Waals surface area contributed by atoms with Crippen LogP contribution in [-0.2, 0) is 4.74 Å². The van der Waals surface area contributed by atoms with E-state index in [1.54, 1.807) is 0 Å². The zero-order chi connectivity index (χ0) is 14.5. The Morgan fingerprint density at radius 1 is 1.65 bits per heavy atom. The molecule has 1 aliphatic heterocycles. The standard InChI is InChI=1S/C11H18N6O3/c1-2-16(6-8-4-3-5-20-8)11-9(17(18)19)10(15-12)13-7-14-11/h7-8H,2-6,12H2,1H3,(H,13,14,15). The Kier molecular flexibility index (Phi) is 4.64. The van der Waals surface area contributed by atoms with Crippen LogP contribution in [0.25, 0.3) is 0 Å². The molecule has 0 aromatic carbocycles. The first-order valence-electron chi connectivity index (χ1n) is 6.50. The van der Waals surface area contributed by atoms with Crippen molar-refractivity contribution in [1.29, 1.82) is 0 Å². The van der Waals surface area contributed by atoms with Gasteiger partial charge in [-0.05, 0) is 19.8 Å². The number of anilines is 2. The molecular weight excluding hydrogens is 264 g/mol. The van der Waals surface area contributed by atoms with Crippen LogP contribution in [0.3, 0.4) is 0 Å². The van der Waals surface area contributed by atoms with Gasteiger partial charge in [-0.2, -0.15) is 0 Å². The molecule has 3 N–H and O–H groups in total. The summed E-state index contributed by atoms with van der Waals surface area (Å²) in [5.74, 6) is 5.54. The highest BCUT2D eigenvalue weighted by atomic mass is 16.6. The second kappa shape index (κ2) is 6.44. The van der Waals surface area contributed by atoms with Crippen LogP contribution in [0, 0.1) is 10.1 Å². The lowest BCUT2D eigenvalue weighted by molar-refractivity contribution is -0.383. The van der Waals surface area contributed by atoms with Crippen LogP contribution >= 0.6 is 0 Å². The molecule has 1 saturated heterocycles. The van der Waals surface area contributed by atoms with Crippen molar-refractivity contribution in [1.82, 2.24) is 9.97 Å². The van der Waals surface area contributed by atoms with Crippen molar-refractivity contribution in [2.45, 2.75) is 25.9 Å². The molecule has 0 amide bonds. The fourth-order valence-electron chi connectivity index (χ4n) is 2.27. The summed E-state index contributed by atoms with van der Waals surface area (Å²) in [6, 6.07) is 0. The monoisotopic (exact) mass is 282 g/mol. The minimum Gasteiger partial charge on any atom is -0.376 e. The van der Waals surface area contributed by atoms with Crippen LogP contribution in [-0.4, -0.2) is 40.7 Å². The molecule has 1 fully saturated rings. The van der Waals surface area contributed by atoms with Crippen LogP contribution in [0.4, 0.5) is 17.3 Å². The van der Waals surface area contributed by atoms with Gasteiger partial charge < -0.3 is 15.1 Å². The minimum atomic E-state index is -0.525. The number of hydrazine groups is 1. The summed E-state index contributed by atoms with van der Waals surface area (Å²) in [6.07, 6.45) is 3.32. The van der Waals surface area contributed by atoms with E-state index in [4.69, 9.17) is 10.6 Å². The largest absolute Gasteiger partial charge is 0.376 e. The van der Waals surface area contributed by atoms with Crippen LogP contribution < -0.4 is 16.2 Å². The van der Waals surface area contributed by atoms with Gasteiger partial charge in [-0.1, -0.05) is 0 Å². The van der Waals surface area contributed by atoms with Crippen LogP contribution in [0.1, 0.15) is 19.8 Å². The van der Waals surface area contributed by atoms with Crippen LogP contribution in [0.5, 0.6) is 0 Å². The van der Waals surface area contributed by atoms with E-state index >= 15 is 0 Å². The number of aromatic nitrogens is 2. The second-order valence-corrected chi connectivity index (χ2v) is 4.47. The maximum absolute atomic E-state index is 11.2. The number of hydrogen-bond donors (Lipinski definition) is 2. The number of hydrogen-bond acceptors (Lipinski definition) is 8. The van der Waals surface area contributed by atoms with E-state index in [-0.39, 0.29) is 23.4 Å². The van der Waals surface area contributed by atoms with Gasteiger partial charge >= 0.3 is 5.69 Å². The van der Waals surface area contributed by atoms with Crippen molar-refractivity contribution >= 4 is 17.3 Å². The van der Waals surface area contributed by atoms with Gasteiger partial charge in [0.15, 0.2) is 0 Å². The van der Waals surface area contributed by atoms with Gasteiger partial charge in [0.25, 0.3) is 0 Å². The summed E-state index contributed by atoms with van der Waals surface area (Å²) in [5.41, 5.74) is 2.03. The third-order valence-electron chi connectivity index (χ3n) is 3.25. The Balaban J connectivity index is 2.30. The van der Waals surface area contributed by atoms with E-state index in [0.29, 0.717) is 13.1 Å². The predicted octanol–water partition coefficient (Wildman–Crippen LogP) is 0.676. The number of nitro groups is 1. The first kappa shape index (κ1) is 14.4. The summed E-state index contributed by atoms with van der Waals surface area (Å²) in [4.78, 5) is 20.3. The van der Waals surface area contributed by atoms with E-state index in [1.807, 2.05) is 11.8 Å². The van der Waals surface area contributed by atoms with Crippen molar-refractivity contribution in [3.8, 4) is 0 Å². The van der Waals surface area contributed by atoms with Gasteiger partial charge in [0.2, 0.25) is 11.6 Å². The van der Waals surface area contributed by atoms with E-state index < -0.39 is 4.92 Å². The Morgan fingerprint density at radius 3 is 3.00 bits per heavy atom. The quantitative estimate of drug-likeness (QED) is 0.444. The molecule has 20 heavy (non-hydrogen) atoms. The molecule has 1 aromatic heterocycles. The molecule has 0 spiro atoms. The molecule has 1 aromatic rings. The lowest BCUT2D eigenvalue weighted by atomic mass is 10.2. The fourth-order valence-corrected chi connectivity index (χ4v) is 2.27. The van der Waals surface area contributed by atoms with Crippen molar-refractivity contribution in [2.75, 3.05) is 30.0 Å². The van der Waals surface area contributed by atoms with Gasteiger partial charge in [-0.25, -0.2) is 15.8 Å². The normalized spacial score (nSPS) is 18.0. The molecule has 110 valence electrons. The molecule has 2 heterocycles. The number of ether oxygens (including phenoxy) is 1. The maximum atomic E-state index is 11.2. The summed E-state index contributed by atoms with van der Waals surface area (Å²) < 4.78 is 5.57. The molecule has 1 aliphatic rings. The minimum absolute atomic E-state index is 0.00536. The first-order valence-corrected chi connectivity index (χ1v) is 6.50. The number of nitrogens with one attached hydrogen (secondary N) is 1. The van der Waals surface area contributed by atoms with Crippen LogP contribution in [0.2, 0.25) is 0 Å². The third kappa shape index (κ3) is 2.94. The van der Waals surface area contributed by atoms with Gasteiger partial charge in [0.05, 0.1) is 11.0 Å². The molecule has 0 bridgehead atoms. The number of nitrogens with two attached hydrogens (primary N) is 1. The fraction of sp³-hybridized carbons (Fsp3) is 0.636. The predicted molar refractivity (Wildman–Crippen MR) is 73.4 cm³/mol. The smallest absolute Gasteiger partial charge is 0.354 e. The van der Waals surface area contributed by atoms with E-state index in [0.717, 1.165) is 19.4 Å². The van der Waals surface area contributed by atoms with E-state index in [9.17, 15) is 10.1 Å². The highest BCUT2D eigenvalue weighted by Gasteiger charge is 2.28. The zero-order valence-corrected chi connectivity index (χ0v) is 11.3. The Bertz CT molecular complexity index is 477. The lowest BCUT2D eigenvalue weighted by Gasteiger charge is -2.24. The number of rotatable bonds is 6. The van der Waals surface area contributed by atoms with E-state index in [2.05, 4.69) is 15.4 Å². The van der Waals surface area contributed by atoms with Crippen molar-refractivity contribution in [3.63, 3.8) is 0 Å². The summed E-state index contributed by atoms with van der Waals surface area (Å²) in [7, 11) is 0. The molecule has 0 saturated carbocycles. The van der Waals surface area contributed by atoms with Gasteiger partial charge in [0.1, 0.15) is 6.33 Å². The number of nitrogens with zero attached hydrogens (tertiary/aromatic N) is 4. The Labute approximate surface area is 116 Å². The molecule has 0 aliphatic carbocycles. The van der Waals surface area contributed by atoms with Crippen molar-refractivity contribution in [3.05, 3.63) is 16.4 Å². The van der Waals surface area contributed by atoms with Crippen LogP contribution in [0.15, 0.2) is 6.33 Å². The number of nitrogen functional groups attached to an aromatic ring is 1. The van der Waals surface area contributed by atoms with E-state index in [1.165, 1.54) is 6.33 Å². The second-order valence-electron chi connectivity index (χ2n) is 4.47. The highest BCUT2D eigenvalue weighted by Crippen LogP contribution is 2.31. The molecular formula is C11H18N6O3. The highest BCUT2D eigenvalue weighted by molar-refractivity contribution is 5.69. The molecule has 9 nitrogen and oxygen atoms in total. The average molecular weight is 282 g/mol.